The van der Waals surface area contributed by atoms with Gasteiger partial charge in [-0.3, -0.25) is 0 Å². The molecule has 1 aliphatic heterocycles. The van der Waals surface area contributed by atoms with Gasteiger partial charge in [-0.2, -0.15) is 5.10 Å². The Morgan fingerprint density at radius 1 is 1.19 bits per heavy atom. The first-order valence-electron chi connectivity index (χ1n) is 8.11. The number of hydrogen-bond donors (Lipinski definition) is 1. The van der Waals surface area contributed by atoms with E-state index in [0.717, 1.165) is 30.6 Å². The quantitative estimate of drug-likeness (QED) is 0.868. The summed E-state index contributed by atoms with van der Waals surface area (Å²) in [5.74, 6) is 0.630. The molecular weight excluding hydrogens is 264 g/mol. The monoisotopic (exact) mass is 292 g/mol. The van der Waals surface area contributed by atoms with Gasteiger partial charge in [-0.15, -0.1) is 5.10 Å². The minimum absolute atomic E-state index is 0.460. The molecule has 1 fully saturated rings. The van der Waals surface area contributed by atoms with Crippen LogP contribution in [0, 0.1) is 0 Å². The zero-order valence-electron chi connectivity index (χ0n) is 13.6. The molecule has 1 aromatic heterocycles. The minimum atomic E-state index is 0.460. The molecule has 1 atom stereocenters. The Bertz CT molecular complexity index is 464. The molecule has 21 heavy (non-hydrogen) atoms. The smallest absolute Gasteiger partial charge is 0.238 e. The van der Waals surface area contributed by atoms with Gasteiger partial charge >= 0.3 is 0 Å². The van der Waals surface area contributed by atoms with Crippen LogP contribution in [0.1, 0.15) is 49.9 Å². The van der Waals surface area contributed by atoms with E-state index in [2.05, 4.69) is 36.0 Å². The zero-order valence-corrected chi connectivity index (χ0v) is 13.6. The third-order valence-corrected chi connectivity index (χ3v) is 4.46. The number of aryl methyl sites for hydroxylation is 1. The van der Waals surface area contributed by atoms with Crippen molar-refractivity contribution in [2.24, 2.45) is 5.73 Å². The Morgan fingerprint density at radius 3 is 2.62 bits per heavy atom. The van der Waals surface area contributed by atoms with Crippen molar-refractivity contribution in [2.45, 2.75) is 58.5 Å². The Balaban J connectivity index is 2.12. The van der Waals surface area contributed by atoms with Gasteiger partial charge in [0.1, 0.15) is 6.61 Å². The molecule has 0 spiro atoms. The molecule has 1 saturated heterocycles. The maximum atomic E-state index is 5.98. The standard InChI is InChI=1S/C16H28N4O/c1-4-13-14(10-17)16(19-18-15(13)5-2)21-11-12-8-6-7-9-20(12)3/h12H,4-11,17H2,1-3H3. The van der Waals surface area contributed by atoms with E-state index in [4.69, 9.17) is 10.5 Å². The first-order chi connectivity index (χ1) is 10.2. The van der Waals surface area contributed by atoms with Crippen molar-refractivity contribution < 1.29 is 4.74 Å². The van der Waals surface area contributed by atoms with Gasteiger partial charge in [0.05, 0.1) is 5.69 Å². The van der Waals surface area contributed by atoms with Crippen molar-refractivity contribution in [3.05, 3.63) is 16.8 Å². The van der Waals surface area contributed by atoms with Crippen LogP contribution in [0.3, 0.4) is 0 Å². The molecule has 5 heteroatoms. The number of piperidine rings is 1. The molecule has 0 bridgehead atoms. The van der Waals surface area contributed by atoms with E-state index in [0.29, 0.717) is 25.1 Å². The highest BCUT2D eigenvalue weighted by molar-refractivity contribution is 5.36. The van der Waals surface area contributed by atoms with Gasteiger partial charge in [0.2, 0.25) is 5.88 Å². The third kappa shape index (κ3) is 3.71. The van der Waals surface area contributed by atoms with Crippen LogP contribution in [-0.4, -0.2) is 41.3 Å². The molecule has 0 amide bonds. The van der Waals surface area contributed by atoms with Crippen LogP contribution in [-0.2, 0) is 19.4 Å². The number of aromatic nitrogens is 2. The number of likely N-dealkylation sites (tertiary alicyclic amines) is 1. The number of ether oxygens (including phenoxy) is 1. The van der Waals surface area contributed by atoms with Gasteiger partial charge in [0.15, 0.2) is 0 Å². The molecule has 2 heterocycles. The van der Waals surface area contributed by atoms with Gasteiger partial charge in [-0.25, -0.2) is 0 Å². The van der Waals surface area contributed by atoms with Crippen LogP contribution >= 0.6 is 0 Å². The predicted octanol–water partition coefficient (Wildman–Crippen LogP) is 1.92. The average molecular weight is 292 g/mol. The van der Waals surface area contributed by atoms with Gasteiger partial charge in [0, 0.05) is 18.2 Å². The summed E-state index contributed by atoms with van der Waals surface area (Å²) in [6.07, 6.45) is 5.56. The van der Waals surface area contributed by atoms with Crippen molar-refractivity contribution in [1.82, 2.24) is 15.1 Å². The molecule has 0 saturated carbocycles. The van der Waals surface area contributed by atoms with Crippen LogP contribution < -0.4 is 10.5 Å². The summed E-state index contributed by atoms with van der Waals surface area (Å²) in [6.45, 7) is 6.52. The Hall–Kier alpha value is -1.20. The molecule has 0 aliphatic carbocycles. The lowest BCUT2D eigenvalue weighted by Crippen LogP contribution is -2.40. The molecule has 0 aromatic carbocycles. The Kier molecular flexibility index (Phi) is 5.94. The number of likely N-dealkylation sites (N-methyl/N-ethyl adjacent to an activating group) is 1. The van der Waals surface area contributed by atoms with Crippen LogP contribution in [0.2, 0.25) is 0 Å². The molecule has 2 rings (SSSR count). The van der Waals surface area contributed by atoms with Gasteiger partial charge in [-0.1, -0.05) is 20.3 Å². The van der Waals surface area contributed by atoms with E-state index in [9.17, 15) is 0 Å². The summed E-state index contributed by atoms with van der Waals surface area (Å²) in [5, 5.41) is 8.58. The lowest BCUT2D eigenvalue weighted by Gasteiger charge is -2.32. The highest BCUT2D eigenvalue weighted by Gasteiger charge is 2.21. The molecular formula is C16H28N4O. The predicted molar refractivity (Wildman–Crippen MR) is 84.4 cm³/mol. The highest BCUT2D eigenvalue weighted by Crippen LogP contribution is 2.23. The Morgan fingerprint density at radius 2 is 2.00 bits per heavy atom. The molecule has 118 valence electrons. The van der Waals surface area contributed by atoms with E-state index in [1.54, 1.807) is 0 Å². The van der Waals surface area contributed by atoms with Crippen LogP contribution in [0.15, 0.2) is 0 Å². The fourth-order valence-corrected chi connectivity index (χ4v) is 3.09. The maximum absolute atomic E-state index is 5.98. The molecule has 5 nitrogen and oxygen atoms in total. The molecule has 1 unspecified atom stereocenters. The molecule has 1 aliphatic rings. The summed E-state index contributed by atoms with van der Waals surface area (Å²) >= 11 is 0. The van der Waals surface area contributed by atoms with E-state index < -0.39 is 0 Å². The topological polar surface area (TPSA) is 64.3 Å². The molecule has 1 aromatic rings. The van der Waals surface area contributed by atoms with E-state index >= 15 is 0 Å². The summed E-state index contributed by atoms with van der Waals surface area (Å²) in [4.78, 5) is 2.38. The Labute approximate surface area is 127 Å². The van der Waals surface area contributed by atoms with Crippen molar-refractivity contribution >= 4 is 0 Å². The fraction of sp³-hybridized carbons (Fsp3) is 0.750. The number of nitrogens with zero attached hydrogens (tertiary/aromatic N) is 3. The zero-order chi connectivity index (χ0) is 15.2. The van der Waals surface area contributed by atoms with Crippen LogP contribution in [0.5, 0.6) is 5.88 Å². The van der Waals surface area contributed by atoms with Gasteiger partial charge in [0.25, 0.3) is 0 Å². The van der Waals surface area contributed by atoms with Crippen molar-refractivity contribution in [3.8, 4) is 5.88 Å². The molecule has 0 radical (unpaired) electrons. The SMILES string of the molecule is CCc1nnc(OCC2CCCCN2C)c(CN)c1CC. The minimum Gasteiger partial charge on any atom is -0.475 e. The second-order valence-electron chi connectivity index (χ2n) is 5.76. The first kappa shape index (κ1) is 16.2. The lowest BCUT2D eigenvalue weighted by molar-refractivity contribution is 0.121. The van der Waals surface area contributed by atoms with Gasteiger partial charge < -0.3 is 15.4 Å². The average Bonchev–Trinajstić information content (AvgIpc) is 2.52. The largest absolute Gasteiger partial charge is 0.475 e. The van der Waals surface area contributed by atoms with E-state index in [1.807, 2.05) is 0 Å². The van der Waals surface area contributed by atoms with Crippen molar-refractivity contribution in [2.75, 3.05) is 20.2 Å². The normalized spacial score (nSPS) is 19.7. The van der Waals surface area contributed by atoms with Crippen LogP contribution in [0.4, 0.5) is 0 Å². The second-order valence-corrected chi connectivity index (χ2v) is 5.76. The lowest BCUT2D eigenvalue weighted by atomic mass is 10.0. The summed E-state index contributed by atoms with van der Waals surface area (Å²) in [7, 11) is 2.17. The van der Waals surface area contributed by atoms with Crippen molar-refractivity contribution in [3.63, 3.8) is 0 Å². The number of hydrogen-bond acceptors (Lipinski definition) is 5. The summed E-state index contributed by atoms with van der Waals surface area (Å²) in [5.41, 5.74) is 9.21. The van der Waals surface area contributed by atoms with Crippen LogP contribution in [0.25, 0.3) is 0 Å². The fourth-order valence-electron chi connectivity index (χ4n) is 3.09. The van der Waals surface area contributed by atoms with E-state index in [-0.39, 0.29) is 0 Å². The maximum Gasteiger partial charge on any atom is 0.238 e. The van der Waals surface area contributed by atoms with E-state index in [1.165, 1.54) is 24.8 Å². The second kappa shape index (κ2) is 7.71. The first-order valence-corrected chi connectivity index (χ1v) is 8.11. The highest BCUT2D eigenvalue weighted by atomic mass is 16.5. The summed E-state index contributed by atoms with van der Waals surface area (Å²) in [6, 6.07) is 0.474. The molecule has 2 N–H and O–H groups in total. The number of nitrogens with two attached hydrogens (primary N) is 1. The van der Waals surface area contributed by atoms with Gasteiger partial charge in [-0.05, 0) is 44.8 Å². The summed E-state index contributed by atoms with van der Waals surface area (Å²) < 4.78 is 5.98. The van der Waals surface area contributed by atoms with Crippen molar-refractivity contribution in [1.29, 1.82) is 0 Å². The number of rotatable bonds is 6. The third-order valence-electron chi connectivity index (χ3n) is 4.46.